The number of piperidine rings is 1. The van der Waals surface area contributed by atoms with E-state index < -0.39 is 23.1 Å². The number of nitrogen functional groups attached to an aromatic ring is 1. The number of carbonyl (C=O) groups is 2. The van der Waals surface area contributed by atoms with E-state index in [0.717, 1.165) is 35.8 Å². The molecule has 9 nitrogen and oxygen atoms in total. The lowest BCUT2D eigenvalue weighted by atomic mass is 9.94. The molecule has 208 valence electrons. The number of hydrogen-bond acceptors (Lipinski definition) is 6. The Morgan fingerprint density at radius 1 is 1.10 bits per heavy atom. The summed E-state index contributed by atoms with van der Waals surface area (Å²) >= 11 is 0. The number of anilines is 1. The Hall–Kier alpha value is -3.72. The number of ketones is 1. The first-order chi connectivity index (χ1) is 18.8. The van der Waals surface area contributed by atoms with Crippen LogP contribution in [0.1, 0.15) is 61.9 Å². The van der Waals surface area contributed by atoms with Crippen LogP contribution in [0, 0.1) is 5.92 Å². The SMILES string of the molecule is CCn1c(=O)c(C(=O)CN2CCCCC2C(=O)NCCC2=CC=CC(C)C2)c(N)n(Cc2ccccc2)c1=O. The van der Waals surface area contributed by atoms with Crippen molar-refractivity contribution < 1.29 is 9.59 Å². The van der Waals surface area contributed by atoms with Crippen LogP contribution in [0.4, 0.5) is 5.82 Å². The number of amides is 1. The van der Waals surface area contributed by atoms with Crippen molar-refractivity contribution in [3.63, 3.8) is 0 Å². The lowest BCUT2D eigenvalue weighted by Crippen LogP contribution is -2.52. The standard InChI is InChI=1S/C30H39N5O4/c1-3-34-29(38)26(27(31)35(30(34)39)19-23-11-5-4-6-12-23)25(36)20-33-17-8-7-14-24(33)28(37)32-16-15-22-13-9-10-21(2)18-22/h4-6,9-13,21,24H,3,7-8,14-20,31H2,1-2H3,(H,32,37). The maximum Gasteiger partial charge on any atom is 0.332 e. The van der Waals surface area contributed by atoms with Gasteiger partial charge in [0.1, 0.15) is 11.4 Å². The van der Waals surface area contributed by atoms with Crippen LogP contribution >= 0.6 is 0 Å². The molecule has 2 aliphatic rings. The molecule has 2 heterocycles. The first-order valence-electron chi connectivity index (χ1n) is 13.9. The molecule has 1 aliphatic carbocycles. The summed E-state index contributed by atoms with van der Waals surface area (Å²) in [6.07, 6.45) is 10.5. The molecule has 2 atom stereocenters. The Labute approximate surface area is 229 Å². The zero-order chi connectivity index (χ0) is 27.9. The number of likely N-dealkylation sites (tertiary alicyclic amines) is 1. The Morgan fingerprint density at radius 3 is 2.59 bits per heavy atom. The number of benzene rings is 1. The number of rotatable bonds is 10. The van der Waals surface area contributed by atoms with Gasteiger partial charge in [0.2, 0.25) is 5.91 Å². The van der Waals surface area contributed by atoms with Crippen LogP contribution in [-0.4, -0.2) is 51.4 Å². The number of nitrogens with one attached hydrogen (secondary N) is 1. The van der Waals surface area contributed by atoms with E-state index in [0.29, 0.717) is 25.4 Å². The van der Waals surface area contributed by atoms with Crippen LogP contribution in [0.5, 0.6) is 0 Å². The smallest absolute Gasteiger partial charge is 0.332 e. The normalized spacial score (nSPS) is 19.5. The molecule has 1 aliphatic heterocycles. The quantitative estimate of drug-likeness (QED) is 0.453. The Morgan fingerprint density at radius 2 is 1.87 bits per heavy atom. The minimum Gasteiger partial charge on any atom is -0.384 e. The predicted molar refractivity (Wildman–Crippen MR) is 153 cm³/mol. The molecule has 2 aromatic rings. The van der Waals surface area contributed by atoms with Gasteiger partial charge in [0.15, 0.2) is 5.78 Å². The third kappa shape index (κ3) is 6.65. The average molecular weight is 534 g/mol. The molecule has 1 aromatic heterocycles. The van der Waals surface area contributed by atoms with Gasteiger partial charge in [-0.3, -0.25) is 28.4 Å². The summed E-state index contributed by atoms with van der Waals surface area (Å²) in [4.78, 5) is 54.8. The molecule has 1 aromatic carbocycles. The highest BCUT2D eigenvalue weighted by atomic mass is 16.2. The molecular weight excluding hydrogens is 494 g/mol. The lowest BCUT2D eigenvalue weighted by Gasteiger charge is -2.34. The van der Waals surface area contributed by atoms with Crippen molar-refractivity contribution in [2.75, 3.05) is 25.4 Å². The average Bonchev–Trinajstić information content (AvgIpc) is 2.92. The summed E-state index contributed by atoms with van der Waals surface area (Å²) < 4.78 is 2.33. The van der Waals surface area contributed by atoms with E-state index in [1.807, 2.05) is 35.2 Å². The molecule has 0 saturated carbocycles. The second-order valence-corrected chi connectivity index (χ2v) is 10.5. The largest absolute Gasteiger partial charge is 0.384 e. The van der Waals surface area contributed by atoms with Crippen LogP contribution in [-0.2, 0) is 17.9 Å². The van der Waals surface area contributed by atoms with Crippen molar-refractivity contribution in [1.29, 1.82) is 0 Å². The Bertz CT molecular complexity index is 1370. The zero-order valence-electron chi connectivity index (χ0n) is 22.9. The number of aromatic nitrogens is 2. The molecule has 0 radical (unpaired) electrons. The number of allylic oxidation sites excluding steroid dienone is 3. The highest BCUT2D eigenvalue weighted by molar-refractivity contribution is 6.01. The second-order valence-electron chi connectivity index (χ2n) is 10.5. The van der Waals surface area contributed by atoms with Crippen LogP contribution in [0.2, 0.25) is 0 Å². The molecule has 1 saturated heterocycles. The van der Waals surface area contributed by atoms with E-state index in [1.54, 1.807) is 6.92 Å². The summed E-state index contributed by atoms with van der Waals surface area (Å²) in [7, 11) is 0. The Balaban J connectivity index is 1.51. The van der Waals surface area contributed by atoms with Crippen LogP contribution in [0.15, 0.2) is 63.7 Å². The number of Topliss-reactive ketones (excluding diaryl/α,β-unsaturated/α-hetero) is 1. The predicted octanol–water partition coefficient (Wildman–Crippen LogP) is 2.73. The third-order valence-electron chi connectivity index (χ3n) is 7.61. The monoisotopic (exact) mass is 533 g/mol. The third-order valence-corrected chi connectivity index (χ3v) is 7.61. The minimum atomic E-state index is -0.684. The molecule has 1 fully saturated rings. The molecule has 2 unspecified atom stereocenters. The number of nitrogens with zero attached hydrogens (tertiary/aromatic N) is 3. The van der Waals surface area contributed by atoms with E-state index in [1.165, 1.54) is 10.1 Å². The van der Waals surface area contributed by atoms with Crippen molar-refractivity contribution in [2.24, 2.45) is 5.92 Å². The van der Waals surface area contributed by atoms with Gasteiger partial charge < -0.3 is 11.1 Å². The van der Waals surface area contributed by atoms with Crippen LogP contribution in [0.25, 0.3) is 0 Å². The van der Waals surface area contributed by atoms with Gasteiger partial charge in [-0.15, -0.1) is 0 Å². The highest BCUT2D eigenvalue weighted by Gasteiger charge is 2.32. The summed E-state index contributed by atoms with van der Waals surface area (Å²) in [5, 5.41) is 3.05. The summed E-state index contributed by atoms with van der Waals surface area (Å²) in [6, 6.07) is 8.83. The van der Waals surface area contributed by atoms with Gasteiger partial charge in [-0.2, -0.15) is 0 Å². The maximum absolute atomic E-state index is 13.6. The van der Waals surface area contributed by atoms with Crippen molar-refractivity contribution in [2.45, 2.75) is 65.1 Å². The zero-order valence-corrected chi connectivity index (χ0v) is 22.9. The van der Waals surface area contributed by atoms with Crippen molar-refractivity contribution >= 4 is 17.5 Å². The minimum absolute atomic E-state index is 0.101. The fourth-order valence-corrected chi connectivity index (χ4v) is 5.50. The van der Waals surface area contributed by atoms with Gasteiger partial charge in [-0.25, -0.2) is 4.79 Å². The topological polar surface area (TPSA) is 119 Å². The van der Waals surface area contributed by atoms with Crippen LogP contribution < -0.4 is 22.3 Å². The van der Waals surface area contributed by atoms with E-state index in [2.05, 4.69) is 30.5 Å². The fraction of sp³-hybridized carbons (Fsp3) is 0.467. The van der Waals surface area contributed by atoms with Crippen molar-refractivity contribution in [1.82, 2.24) is 19.4 Å². The van der Waals surface area contributed by atoms with Gasteiger partial charge >= 0.3 is 5.69 Å². The van der Waals surface area contributed by atoms with Gasteiger partial charge in [0, 0.05) is 13.1 Å². The first-order valence-corrected chi connectivity index (χ1v) is 13.9. The summed E-state index contributed by atoms with van der Waals surface area (Å²) in [6.45, 7) is 5.13. The maximum atomic E-state index is 13.6. The number of hydrogen-bond donors (Lipinski definition) is 2. The molecule has 0 spiro atoms. The first kappa shape index (κ1) is 28.3. The van der Waals surface area contributed by atoms with Gasteiger partial charge in [-0.1, -0.05) is 67.5 Å². The lowest BCUT2D eigenvalue weighted by molar-refractivity contribution is -0.127. The van der Waals surface area contributed by atoms with Crippen molar-refractivity contribution in [3.05, 3.63) is 86.1 Å². The van der Waals surface area contributed by atoms with Crippen molar-refractivity contribution in [3.8, 4) is 0 Å². The molecule has 0 bridgehead atoms. The van der Waals surface area contributed by atoms with Gasteiger partial charge in [0.25, 0.3) is 5.56 Å². The highest BCUT2D eigenvalue weighted by Crippen LogP contribution is 2.21. The number of carbonyl (C=O) groups excluding carboxylic acids is 2. The summed E-state index contributed by atoms with van der Waals surface area (Å²) in [5.41, 5.74) is 7.04. The number of nitrogens with two attached hydrogens (primary N) is 1. The van der Waals surface area contributed by atoms with E-state index in [4.69, 9.17) is 5.73 Å². The fourth-order valence-electron chi connectivity index (χ4n) is 5.50. The van der Waals surface area contributed by atoms with E-state index in [9.17, 15) is 19.2 Å². The van der Waals surface area contributed by atoms with E-state index in [-0.39, 0.29) is 36.9 Å². The molecule has 3 N–H and O–H groups in total. The van der Waals surface area contributed by atoms with E-state index >= 15 is 0 Å². The van der Waals surface area contributed by atoms with Gasteiger partial charge in [0.05, 0.1) is 19.1 Å². The molecule has 9 heteroatoms. The molecule has 39 heavy (non-hydrogen) atoms. The van der Waals surface area contributed by atoms with Gasteiger partial charge in [-0.05, 0) is 50.6 Å². The summed E-state index contributed by atoms with van der Waals surface area (Å²) in [5.74, 6) is -0.206. The second kappa shape index (κ2) is 12.9. The molecular formula is C30H39N5O4. The van der Waals surface area contributed by atoms with Crippen LogP contribution in [0.3, 0.4) is 0 Å². The molecule has 1 amide bonds. The molecule has 4 rings (SSSR count). The Kier molecular flexibility index (Phi) is 9.35.